The summed E-state index contributed by atoms with van der Waals surface area (Å²) in [6, 6.07) is 3.75. The van der Waals surface area contributed by atoms with Crippen molar-refractivity contribution < 1.29 is 18.1 Å². The Morgan fingerprint density at radius 2 is 1.67 bits per heavy atom. The first-order chi connectivity index (χ1) is 9.71. The normalized spacial score (nSPS) is 20.2. The van der Waals surface area contributed by atoms with Gasteiger partial charge in [-0.1, -0.05) is 0 Å². The summed E-state index contributed by atoms with van der Waals surface area (Å²) in [6.07, 6.45) is 1.48. The molecule has 2 heterocycles. The Balaban J connectivity index is 2.15. The zero-order valence-electron chi connectivity index (χ0n) is 12.4. The SMILES string of the molecule is CC1(C)OB(c2ccnc3c(F)cc(F)cc23)OC1(C)C. The van der Waals surface area contributed by atoms with Gasteiger partial charge in [-0.25, -0.2) is 8.78 Å². The molecule has 0 saturated carbocycles. The number of rotatable bonds is 1. The van der Waals surface area contributed by atoms with E-state index in [0.29, 0.717) is 10.8 Å². The van der Waals surface area contributed by atoms with Crippen molar-refractivity contribution in [3.63, 3.8) is 0 Å². The zero-order chi connectivity index (χ0) is 15.4. The van der Waals surface area contributed by atoms with Crippen LogP contribution in [0.4, 0.5) is 8.78 Å². The molecule has 1 aromatic carbocycles. The van der Waals surface area contributed by atoms with Crippen molar-refractivity contribution in [2.45, 2.75) is 38.9 Å². The number of hydrogen-bond acceptors (Lipinski definition) is 3. The lowest BCUT2D eigenvalue weighted by Crippen LogP contribution is -2.41. The quantitative estimate of drug-likeness (QED) is 0.757. The van der Waals surface area contributed by atoms with Gasteiger partial charge >= 0.3 is 7.12 Å². The highest BCUT2D eigenvalue weighted by Gasteiger charge is 2.52. The first-order valence-electron chi connectivity index (χ1n) is 6.80. The minimum absolute atomic E-state index is 0.114. The van der Waals surface area contributed by atoms with Gasteiger partial charge in [-0.2, -0.15) is 0 Å². The van der Waals surface area contributed by atoms with Crippen LogP contribution in [-0.4, -0.2) is 23.3 Å². The molecule has 1 aromatic heterocycles. The van der Waals surface area contributed by atoms with Crippen molar-refractivity contribution >= 4 is 23.5 Å². The van der Waals surface area contributed by atoms with E-state index in [-0.39, 0.29) is 5.52 Å². The fourth-order valence-electron chi connectivity index (χ4n) is 2.37. The molecule has 0 N–H and O–H groups in total. The molecule has 2 aromatic rings. The number of hydrogen-bond donors (Lipinski definition) is 0. The molecule has 21 heavy (non-hydrogen) atoms. The predicted octanol–water partition coefficient (Wildman–Crippen LogP) is 2.81. The molecule has 3 nitrogen and oxygen atoms in total. The molecule has 0 radical (unpaired) electrons. The van der Waals surface area contributed by atoms with Crippen LogP contribution in [-0.2, 0) is 9.31 Å². The second-order valence-electron chi connectivity index (χ2n) is 6.27. The van der Waals surface area contributed by atoms with Gasteiger partial charge in [-0.15, -0.1) is 0 Å². The highest BCUT2D eigenvalue weighted by atomic mass is 19.1. The monoisotopic (exact) mass is 291 g/mol. The van der Waals surface area contributed by atoms with Gasteiger partial charge in [0, 0.05) is 17.6 Å². The van der Waals surface area contributed by atoms with Crippen LogP contribution in [0.25, 0.3) is 10.9 Å². The third-order valence-corrected chi connectivity index (χ3v) is 4.30. The first-order valence-corrected chi connectivity index (χ1v) is 6.80. The summed E-state index contributed by atoms with van der Waals surface area (Å²) in [7, 11) is -0.679. The summed E-state index contributed by atoms with van der Waals surface area (Å²) in [6.45, 7) is 7.71. The fourth-order valence-corrected chi connectivity index (χ4v) is 2.37. The number of pyridine rings is 1. The molecule has 0 amide bonds. The summed E-state index contributed by atoms with van der Waals surface area (Å²) in [5, 5.41) is 0.369. The third kappa shape index (κ3) is 2.22. The summed E-state index contributed by atoms with van der Waals surface area (Å²) in [5.41, 5.74) is -0.334. The van der Waals surface area contributed by atoms with E-state index < -0.39 is 30.0 Å². The van der Waals surface area contributed by atoms with Gasteiger partial charge in [-0.05, 0) is 45.3 Å². The zero-order valence-corrected chi connectivity index (χ0v) is 12.4. The van der Waals surface area contributed by atoms with E-state index in [1.807, 2.05) is 27.7 Å². The van der Waals surface area contributed by atoms with Gasteiger partial charge in [0.1, 0.15) is 11.3 Å². The summed E-state index contributed by atoms with van der Waals surface area (Å²) < 4.78 is 39.2. The first kappa shape index (κ1) is 14.4. The molecule has 0 bridgehead atoms. The Morgan fingerprint density at radius 3 is 2.29 bits per heavy atom. The molecule has 0 aliphatic carbocycles. The van der Waals surface area contributed by atoms with Crippen LogP contribution in [0.3, 0.4) is 0 Å². The lowest BCUT2D eigenvalue weighted by molar-refractivity contribution is 0.00578. The lowest BCUT2D eigenvalue weighted by Gasteiger charge is -2.32. The number of halogens is 2. The van der Waals surface area contributed by atoms with E-state index in [4.69, 9.17) is 9.31 Å². The van der Waals surface area contributed by atoms with E-state index in [1.165, 1.54) is 12.3 Å². The van der Waals surface area contributed by atoms with Crippen molar-refractivity contribution in [2.75, 3.05) is 0 Å². The number of fused-ring (bicyclic) bond motifs is 1. The van der Waals surface area contributed by atoms with Gasteiger partial charge in [0.2, 0.25) is 0 Å². The van der Waals surface area contributed by atoms with Crippen LogP contribution in [0.1, 0.15) is 27.7 Å². The van der Waals surface area contributed by atoms with Gasteiger partial charge < -0.3 is 9.31 Å². The van der Waals surface area contributed by atoms with E-state index in [0.717, 1.165) is 6.07 Å². The van der Waals surface area contributed by atoms with Crippen LogP contribution >= 0.6 is 0 Å². The van der Waals surface area contributed by atoms with Crippen LogP contribution in [0.15, 0.2) is 24.4 Å². The highest BCUT2D eigenvalue weighted by molar-refractivity contribution is 6.65. The summed E-state index contributed by atoms with van der Waals surface area (Å²) in [5.74, 6) is -1.34. The summed E-state index contributed by atoms with van der Waals surface area (Å²) >= 11 is 0. The van der Waals surface area contributed by atoms with E-state index >= 15 is 0 Å². The molecule has 1 saturated heterocycles. The molecule has 1 fully saturated rings. The van der Waals surface area contributed by atoms with Gasteiger partial charge in [0.15, 0.2) is 5.82 Å². The molecule has 6 heteroatoms. The van der Waals surface area contributed by atoms with Crippen molar-refractivity contribution in [3.8, 4) is 0 Å². The Hall–Kier alpha value is -1.53. The van der Waals surface area contributed by atoms with Crippen molar-refractivity contribution in [2.24, 2.45) is 0 Å². The van der Waals surface area contributed by atoms with Crippen molar-refractivity contribution in [1.82, 2.24) is 4.98 Å². The molecular weight excluding hydrogens is 275 g/mol. The lowest BCUT2D eigenvalue weighted by atomic mass is 9.77. The predicted molar refractivity (Wildman–Crippen MR) is 77.4 cm³/mol. The van der Waals surface area contributed by atoms with Crippen LogP contribution in [0.5, 0.6) is 0 Å². The fraction of sp³-hybridized carbons (Fsp3) is 0.400. The Morgan fingerprint density at radius 1 is 1.05 bits per heavy atom. The molecule has 1 aliphatic heterocycles. The standard InChI is InChI=1S/C15H16BF2NO2/c1-14(2)15(3,4)21-16(20-14)11-5-6-19-13-10(11)7-9(17)8-12(13)18/h5-8H,1-4H3. The Kier molecular flexibility index (Phi) is 3.08. The maximum atomic E-state index is 13.8. The minimum Gasteiger partial charge on any atom is -0.399 e. The van der Waals surface area contributed by atoms with Gasteiger partial charge in [-0.3, -0.25) is 4.98 Å². The van der Waals surface area contributed by atoms with Crippen molar-refractivity contribution in [1.29, 1.82) is 0 Å². The van der Waals surface area contributed by atoms with E-state index in [2.05, 4.69) is 4.98 Å². The molecule has 0 atom stereocenters. The molecule has 3 rings (SSSR count). The average molecular weight is 291 g/mol. The molecule has 0 unspecified atom stereocenters. The third-order valence-electron chi connectivity index (χ3n) is 4.30. The second kappa shape index (κ2) is 4.48. The van der Waals surface area contributed by atoms with Gasteiger partial charge in [0.25, 0.3) is 0 Å². The minimum atomic E-state index is -0.691. The van der Waals surface area contributed by atoms with Crippen LogP contribution in [0.2, 0.25) is 0 Å². The Bertz CT molecular complexity index is 702. The van der Waals surface area contributed by atoms with Crippen LogP contribution in [0, 0.1) is 11.6 Å². The largest absolute Gasteiger partial charge is 0.495 e. The van der Waals surface area contributed by atoms with Crippen LogP contribution < -0.4 is 5.46 Å². The Labute approximate surface area is 122 Å². The number of aromatic nitrogens is 1. The van der Waals surface area contributed by atoms with E-state index in [1.54, 1.807) is 6.07 Å². The summed E-state index contributed by atoms with van der Waals surface area (Å²) in [4.78, 5) is 3.97. The molecule has 0 spiro atoms. The number of nitrogens with zero attached hydrogens (tertiary/aromatic N) is 1. The maximum absolute atomic E-state index is 13.8. The van der Waals surface area contributed by atoms with E-state index in [9.17, 15) is 8.78 Å². The molecule has 110 valence electrons. The smallest absolute Gasteiger partial charge is 0.399 e. The highest BCUT2D eigenvalue weighted by Crippen LogP contribution is 2.37. The van der Waals surface area contributed by atoms with Gasteiger partial charge in [0.05, 0.1) is 11.2 Å². The van der Waals surface area contributed by atoms with Crippen molar-refractivity contribution in [3.05, 3.63) is 36.0 Å². The maximum Gasteiger partial charge on any atom is 0.495 e. The number of benzene rings is 1. The topological polar surface area (TPSA) is 31.4 Å². The molecule has 1 aliphatic rings. The average Bonchev–Trinajstić information content (AvgIpc) is 2.57. The second-order valence-corrected chi connectivity index (χ2v) is 6.27. The molecular formula is C15H16BF2NO2.